The highest BCUT2D eigenvalue weighted by molar-refractivity contribution is 5.69. The molecule has 0 fully saturated rings. The molecule has 0 aliphatic rings. The second-order valence-electron chi connectivity index (χ2n) is 10.4. The maximum absolute atomic E-state index is 12.3. The summed E-state index contributed by atoms with van der Waals surface area (Å²) in [5.41, 5.74) is 3.34. The predicted octanol–water partition coefficient (Wildman–Crippen LogP) is 10.1. The van der Waals surface area contributed by atoms with E-state index in [1.54, 1.807) is 0 Å². The van der Waals surface area contributed by atoms with Crippen LogP contribution in [-0.4, -0.2) is 12.6 Å². The highest BCUT2D eigenvalue weighted by Gasteiger charge is 2.12. The van der Waals surface area contributed by atoms with E-state index in [0.717, 1.165) is 54.2 Å². The van der Waals surface area contributed by atoms with E-state index in [-0.39, 0.29) is 12.1 Å². The van der Waals surface area contributed by atoms with Gasteiger partial charge < -0.3 is 9.47 Å². The van der Waals surface area contributed by atoms with Gasteiger partial charge in [-0.15, -0.1) is 0 Å². The van der Waals surface area contributed by atoms with Crippen LogP contribution >= 0.6 is 0 Å². The fourth-order valence-electron chi connectivity index (χ4n) is 4.41. The van der Waals surface area contributed by atoms with Crippen molar-refractivity contribution in [1.29, 1.82) is 0 Å². The van der Waals surface area contributed by atoms with Crippen LogP contribution in [0, 0.1) is 5.92 Å². The molecule has 2 atom stereocenters. The zero-order valence-corrected chi connectivity index (χ0v) is 23.4. The Kier molecular flexibility index (Phi) is 15.0. The minimum absolute atomic E-state index is 0.0925. The SMILES string of the molecule is CCCCCCCCOc1ccc(-c2ccc(C(C)OC(=O)CCCCCCC(C)CC)cc2)cc1. The summed E-state index contributed by atoms with van der Waals surface area (Å²) in [4.78, 5) is 12.3. The van der Waals surface area contributed by atoms with Crippen molar-refractivity contribution in [3.05, 3.63) is 54.1 Å². The van der Waals surface area contributed by atoms with E-state index >= 15 is 0 Å². The molecule has 3 heteroatoms. The van der Waals surface area contributed by atoms with E-state index in [1.807, 2.05) is 6.92 Å². The average Bonchev–Trinajstić information content (AvgIpc) is 2.90. The summed E-state index contributed by atoms with van der Waals surface area (Å²) in [5, 5.41) is 0. The maximum Gasteiger partial charge on any atom is 0.306 e. The van der Waals surface area contributed by atoms with Gasteiger partial charge in [-0.25, -0.2) is 0 Å². The van der Waals surface area contributed by atoms with Crippen molar-refractivity contribution >= 4 is 5.97 Å². The van der Waals surface area contributed by atoms with Gasteiger partial charge in [-0.05, 0) is 54.5 Å². The Balaban J connectivity index is 1.69. The predicted molar refractivity (Wildman–Crippen MR) is 152 cm³/mol. The zero-order chi connectivity index (χ0) is 26.0. The van der Waals surface area contributed by atoms with E-state index < -0.39 is 0 Å². The van der Waals surface area contributed by atoms with Gasteiger partial charge >= 0.3 is 5.97 Å². The van der Waals surface area contributed by atoms with E-state index in [1.165, 1.54) is 57.8 Å². The lowest BCUT2D eigenvalue weighted by atomic mass is 10.00. The number of unbranched alkanes of at least 4 members (excludes halogenated alkanes) is 8. The topological polar surface area (TPSA) is 35.5 Å². The van der Waals surface area contributed by atoms with Gasteiger partial charge in [0.1, 0.15) is 11.9 Å². The van der Waals surface area contributed by atoms with Crippen molar-refractivity contribution in [1.82, 2.24) is 0 Å². The van der Waals surface area contributed by atoms with Crippen molar-refractivity contribution < 1.29 is 14.3 Å². The van der Waals surface area contributed by atoms with Crippen molar-refractivity contribution in [2.24, 2.45) is 5.92 Å². The lowest BCUT2D eigenvalue weighted by Gasteiger charge is -2.14. The van der Waals surface area contributed by atoms with Gasteiger partial charge in [0, 0.05) is 6.42 Å². The summed E-state index contributed by atoms with van der Waals surface area (Å²) >= 11 is 0. The van der Waals surface area contributed by atoms with Crippen molar-refractivity contribution in [2.45, 2.75) is 117 Å². The van der Waals surface area contributed by atoms with Crippen LogP contribution in [0.1, 0.15) is 123 Å². The lowest BCUT2D eigenvalue weighted by Crippen LogP contribution is -2.08. The molecule has 0 saturated carbocycles. The first-order chi connectivity index (χ1) is 17.5. The summed E-state index contributed by atoms with van der Waals surface area (Å²) in [7, 11) is 0. The normalized spacial score (nSPS) is 12.8. The Morgan fingerprint density at radius 3 is 1.97 bits per heavy atom. The number of hydrogen-bond acceptors (Lipinski definition) is 3. The molecule has 2 rings (SSSR count). The molecule has 0 aliphatic heterocycles. The summed E-state index contributed by atoms with van der Waals surface area (Å²) in [6.45, 7) is 9.55. The molecule has 2 aromatic rings. The number of benzene rings is 2. The highest BCUT2D eigenvalue weighted by atomic mass is 16.5. The fourth-order valence-corrected chi connectivity index (χ4v) is 4.41. The molecule has 3 nitrogen and oxygen atoms in total. The first-order valence-corrected chi connectivity index (χ1v) is 14.6. The van der Waals surface area contributed by atoms with Crippen LogP contribution < -0.4 is 4.74 Å². The Hall–Kier alpha value is -2.29. The van der Waals surface area contributed by atoms with E-state index in [9.17, 15) is 4.79 Å². The van der Waals surface area contributed by atoms with Gasteiger partial charge in [-0.1, -0.05) is 121 Å². The number of carbonyl (C=O) groups is 1. The number of hydrogen-bond donors (Lipinski definition) is 0. The molecular formula is C33H50O3. The number of rotatable bonds is 19. The summed E-state index contributed by atoms with van der Waals surface area (Å²) in [6, 6.07) is 16.6. The highest BCUT2D eigenvalue weighted by Crippen LogP contribution is 2.26. The summed E-state index contributed by atoms with van der Waals surface area (Å²) < 4.78 is 11.6. The first kappa shape index (κ1) is 29.9. The minimum atomic E-state index is -0.227. The van der Waals surface area contributed by atoms with Crippen molar-refractivity contribution in [3.8, 4) is 16.9 Å². The van der Waals surface area contributed by atoms with Crippen LogP contribution in [-0.2, 0) is 9.53 Å². The molecule has 200 valence electrons. The number of ether oxygens (including phenoxy) is 2. The number of carbonyl (C=O) groups excluding carboxylic acids is 1. The van der Waals surface area contributed by atoms with Gasteiger partial charge in [0.2, 0.25) is 0 Å². The molecule has 0 aromatic heterocycles. The first-order valence-electron chi connectivity index (χ1n) is 14.6. The molecule has 0 saturated heterocycles. The van der Waals surface area contributed by atoms with Gasteiger partial charge in [0.15, 0.2) is 0 Å². The lowest BCUT2D eigenvalue weighted by molar-refractivity contribution is -0.148. The van der Waals surface area contributed by atoms with Crippen LogP contribution in [0.3, 0.4) is 0 Å². The Morgan fingerprint density at radius 2 is 1.31 bits per heavy atom. The molecule has 0 N–H and O–H groups in total. The van der Waals surface area contributed by atoms with Gasteiger partial charge in [-0.2, -0.15) is 0 Å². The summed E-state index contributed by atoms with van der Waals surface area (Å²) in [5.74, 6) is 1.65. The zero-order valence-electron chi connectivity index (χ0n) is 23.4. The molecule has 0 heterocycles. The van der Waals surface area contributed by atoms with E-state index in [4.69, 9.17) is 9.47 Å². The molecule has 36 heavy (non-hydrogen) atoms. The second kappa shape index (κ2) is 18.0. The van der Waals surface area contributed by atoms with Crippen molar-refractivity contribution in [2.75, 3.05) is 6.61 Å². The third-order valence-corrected chi connectivity index (χ3v) is 7.17. The van der Waals surface area contributed by atoms with Crippen LogP contribution in [0.4, 0.5) is 0 Å². The molecule has 2 unspecified atom stereocenters. The molecule has 0 spiro atoms. The minimum Gasteiger partial charge on any atom is -0.494 e. The Bertz CT molecular complexity index is 825. The Labute approximate surface area is 221 Å². The Morgan fingerprint density at radius 1 is 0.722 bits per heavy atom. The third-order valence-electron chi connectivity index (χ3n) is 7.17. The molecular weight excluding hydrogens is 444 g/mol. The summed E-state index contributed by atoms with van der Waals surface area (Å²) in [6.07, 6.45) is 15.0. The molecule has 0 radical (unpaired) electrons. The van der Waals surface area contributed by atoms with Crippen LogP contribution in [0.2, 0.25) is 0 Å². The van der Waals surface area contributed by atoms with Crippen molar-refractivity contribution in [3.63, 3.8) is 0 Å². The number of esters is 1. The molecule has 0 bridgehead atoms. The molecule has 0 aliphatic carbocycles. The smallest absolute Gasteiger partial charge is 0.306 e. The largest absolute Gasteiger partial charge is 0.494 e. The average molecular weight is 495 g/mol. The second-order valence-corrected chi connectivity index (χ2v) is 10.4. The molecule has 2 aromatic carbocycles. The third kappa shape index (κ3) is 12.1. The van der Waals surface area contributed by atoms with E-state index in [0.29, 0.717) is 6.42 Å². The maximum atomic E-state index is 12.3. The quantitative estimate of drug-likeness (QED) is 0.144. The fraction of sp³-hybridized carbons (Fsp3) is 0.606. The van der Waals surface area contributed by atoms with Crippen LogP contribution in [0.25, 0.3) is 11.1 Å². The van der Waals surface area contributed by atoms with Gasteiger partial charge in [0.05, 0.1) is 6.61 Å². The van der Waals surface area contributed by atoms with Crippen LogP contribution in [0.15, 0.2) is 48.5 Å². The standard InChI is InChI=1S/C33H50O3/c1-5-7-8-9-12-15-26-35-32-24-22-31(23-25-32)30-20-18-29(19-21-30)28(4)36-33(34)17-14-11-10-13-16-27(3)6-2/h18-25,27-28H,5-17,26H2,1-4H3. The monoisotopic (exact) mass is 494 g/mol. The van der Waals surface area contributed by atoms with Crippen LogP contribution in [0.5, 0.6) is 5.75 Å². The van der Waals surface area contributed by atoms with E-state index in [2.05, 4.69) is 69.3 Å². The van der Waals surface area contributed by atoms with Gasteiger partial charge in [-0.3, -0.25) is 4.79 Å². The molecule has 0 amide bonds. The van der Waals surface area contributed by atoms with Gasteiger partial charge in [0.25, 0.3) is 0 Å².